The molecule has 0 aliphatic rings. The van der Waals surface area contributed by atoms with Crippen LogP contribution in [0.5, 0.6) is 0 Å². The molecule has 0 amide bonds. The van der Waals surface area contributed by atoms with E-state index in [0.717, 1.165) is 24.9 Å². The van der Waals surface area contributed by atoms with Gasteiger partial charge in [-0.15, -0.1) is 24.0 Å². The van der Waals surface area contributed by atoms with Gasteiger partial charge in [0.25, 0.3) is 0 Å². The maximum Gasteiger partial charge on any atom is 0.188 e. The molecule has 0 fully saturated rings. The highest BCUT2D eigenvalue weighted by Gasteiger charge is 2.05. The van der Waals surface area contributed by atoms with Crippen LogP contribution in [0.4, 0.5) is 4.39 Å². The number of rotatable bonds is 6. The van der Waals surface area contributed by atoms with Gasteiger partial charge in [0.1, 0.15) is 5.82 Å². The summed E-state index contributed by atoms with van der Waals surface area (Å²) in [6, 6.07) is 5.02. The van der Waals surface area contributed by atoms with Crippen LogP contribution in [0, 0.1) is 5.82 Å². The molecule has 0 spiro atoms. The van der Waals surface area contributed by atoms with Gasteiger partial charge in [0.15, 0.2) is 5.96 Å². The molecule has 22 heavy (non-hydrogen) atoms. The van der Waals surface area contributed by atoms with Crippen LogP contribution < -0.4 is 11.1 Å². The molecular formula is C15H21FIN5. The summed E-state index contributed by atoms with van der Waals surface area (Å²) in [6.45, 7) is 3.27. The van der Waals surface area contributed by atoms with Crippen molar-refractivity contribution in [2.45, 2.75) is 26.3 Å². The van der Waals surface area contributed by atoms with Crippen molar-refractivity contribution in [2.24, 2.45) is 10.7 Å². The van der Waals surface area contributed by atoms with Crippen molar-refractivity contribution < 1.29 is 4.39 Å². The molecule has 0 saturated carbocycles. The molecule has 120 valence electrons. The normalized spacial score (nSPS) is 11.1. The third-order valence-electron chi connectivity index (χ3n) is 3.06. The van der Waals surface area contributed by atoms with Gasteiger partial charge < -0.3 is 15.6 Å². The van der Waals surface area contributed by atoms with Gasteiger partial charge in [-0.3, -0.25) is 0 Å². The van der Waals surface area contributed by atoms with Crippen molar-refractivity contribution in [2.75, 3.05) is 6.54 Å². The van der Waals surface area contributed by atoms with Crippen molar-refractivity contribution in [1.82, 2.24) is 14.9 Å². The van der Waals surface area contributed by atoms with E-state index in [2.05, 4.69) is 22.2 Å². The quantitative estimate of drug-likeness (QED) is 0.329. The SMILES string of the molecule is CCCCNC(N)=NCc1ccc(-n2ccnc2)c(F)c1.I. The highest BCUT2D eigenvalue weighted by Crippen LogP contribution is 2.15. The number of aliphatic imine (C=N–C) groups is 1. The second-order valence-electron chi connectivity index (χ2n) is 4.74. The Bertz CT molecular complexity index is 598. The van der Waals surface area contributed by atoms with E-state index in [-0.39, 0.29) is 29.8 Å². The Morgan fingerprint density at radius 2 is 2.27 bits per heavy atom. The number of hydrogen-bond donors (Lipinski definition) is 2. The summed E-state index contributed by atoms with van der Waals surface area (Å²) in [4.78, 5) is 8.10. The van der Waals surface area contributed by atoms with E-state index in [9.17, 15) is 4.39 Å². The smallest absolute Gasteiger partial charge is 0.188 e. The fourth-order valence-electron chi connectivity index (χ4n) is 1.89. The molecule has 0 aliphatic heterocycles. The predicted octanol–water partition coefficient (Wildman–Crippen LogP) is 2.83. The number of guanidine groups is 1. The van der Waals surface area contributed by atoms with Crippen LogP contribution in [0.15, 0.2) is 41.9 Å². The molecule has 3 N–H and O–H groups in total. The third kappa shape index (κ3) is 5.28. The maximum absolute atomic E-state index is 14.0. The van der Waals surface area contributed by atoms with Crippen molar-refractivity contribution in [3.8, 4) is 5.69 Å². The summed E-state index contributed by atoms with van der Waals surface area (Å²) in [6.07, 6.45) is 7.02. The second-order valence-corrected chi connectivity index (χ2v) is 4.74. The minimum Gasteiger partial charge on any atom is -0.370 e. The standard InChI is InChI=1S/C15H20FN5.HI/c1-2-3-6-19-15(17)20-10-12-4-5-14(13(16)9-12)21-8-7-18-11-21;/h4-5,7-9,11H,2-3,6,10H2,1H3,(H3,17,19,20);1H. The third-order valence-corrected chi connectivity index (χ3v) is 3.06. The number of imidazole rings is 1. The lowest BCUT2D eigenvalue weighted by Gasteiger charge is -2.07. The van der Waals surface area contributed by atoms with Crippen LogP contribution >= 0.6 is 24.0 Å². The molecule has 2 aromatic rings. The summed E-state index contributed by atoms with van der Waals surface area (Å²) in [5.41, 5.74) is 6.98. The summed E-state index contributed by atoms with van der Waals surface area (Å²) in [7, 11) is 0. The fraction of sp³-hybridized carbons (Fsp3) is 0.333. The molecular weight excluding hydrogens is 396 g/mol. The maximum atomic E-state index is 14.0. The van der Waals surface area contributed by atoms with Crippen LogP contribution in [0.25, 0.3) is 5.69 Å². The van der Waals surface area contributed by atoms with E-state index >= 15 is 0 Å². The Kier molecular flexibility index (Phi) is 7.86. The van der Waals surface area contributed by atoms with Crippen molar-refractivity contribution in [1.29, 1.82) is 0 Å². The molecule has 1 aromatic heterocycles. The number of hydrogen-bond acceptors (Lipinski definition) is 2. The molecule has 0 saturated heterocycles. The van der Waals surface area contributed by atoms with E-state index in [1.54, 1.807) is 29.4 Å². The first-order chi connectivity index (χ1) is 10.2. The van der Waals surface area contributed by atoms with Crippen molar-refractivity contribution in [3.63, 3.8) is 0 Å². The van der Waals surface area contributed by atoms with Crippen LogP contribution in [0.1, 0.15) is 25.3 Å². The highest BCUT2D eigenvalue weighted by atomic mass is 127. The molecule has 0 unspecified atom stereocenters. The Labute approximate surface area is 146 Å². The summed E-state index contributed by atoms with van der Waals surface area (Å²) in [5, 5.41) is 3.02. The van der Waals surface area contributed by atoms with Gasteiger partial charge in [-0.1, -0.05) is 19.4 Å². The van der Waals surface area contributed by atoms with Gasteiger partial charge in [0.2, 0.25) is 0 Å². The van der Waals surface area contributed by atoms with Crippen LogP contribution in [0.3, 0.4) is 0 Å². The highest BCUT2D eigenvalue weighted by molar-refractivity contribution is 14.0. The Hall–Kier alpha value is -1.64. The lowest BCUT2D eigenvalue weighted by atomic mass is 10.2. The number of halogens is 2. The van der Waals surface area contributed by atoms with E-state index in [1.165, 1.54) is 6.07 Å². The van der Waals surface area contributed by atoms with E-state index < -0.39 is 0 Å². The van der Waals surface area contributed by atoms with Gasteiger partial charge in [-0.25, -0.2) is 14.4 Å². The molecule has 0 aliphatic carbocycles. The molecule has 0 bridgehead atoms. The number of nitrogens with zero attached hydrogens (tertiary/aromatic N) is 3. The van der Waals surface area contributed by atoms with Crippen molar-refractivity contribution >= 4 is 29.9 Å². The Balaban J connectivity index is 0.00000242. The number of nitrogens with one attached hydrogen (secondary N) is 1. The van der Waals surface area contributed by atoms with E-state index in [0.29, 0.717) is 18.2 Å². The first-order valence-electron chi connectivity index (χ1n) is 7.01. The van der Waals surface area contributed by atoms with Crippen LogP contribution in [-0.2, 0) is 6.54 Å². The average Bonchev–Trinajstić information content (AvgIpc) is 2.99. The molecule has 1 aromatic carbocycles. The zero-order valence-electron chi connectivity index (χ0n) is 12.5. The van der Waals surface area contributed by atoms with Gasteiger partial charge in [0.05, 0.1) is 18.6 Å². The lowest BCUT2D eigenvalue weighted by Crippen LogP contribution is -2.32. The monoisotopic (exact) mass is 417 g/mol. The molecule has 0 atom stereocenters. The van der Waals surface area contributed by atoms with E-state index in [1.807, 2.05) is 6.07 Å². The van der Waals surface area contributed by atoms with Gasteiger partial charge in [-0.05, 0) is 24.1 Å². The Morgan fingerprint density at radius 1 is 1.45 bits per heavy atom. The lowest BCUT2D eigenvalue weighted by molar-refractivity contribution is 0.615. The molecule has 5 nitrogen and oxygen atoms in total. The summed E-state index contributed by atoms with van der Waals surface area (Å²) >= 11 is 0. The molecule has 2 rings (SSSR count). The van der Waals surface area contributed by atoms with Crippen LogP contribution in [0.2, 0.25) is 0 Å². The van der Waals surface area contributed by atoms with Crippen molar-refractivity contribution in [3.05, 3.63) is 48.3 Å². The minimum atomic E-state index is -0.307. The molecule has 1 heterocycles. The van der Waals surface area contributed by atoms with E-state index in [4.69, 9.17) is 5.73 Å². The average molecular weight is 417 g/mol. The van der Waals surface area contributed by atoms with Crippen LogP contribution in [-0.4, -0.2) is 22.1 Å². The largest absolute Gasteiger partial charge is 0.370 e. The number of nitrogens with two attached hydrogens (primary N) is 1. The molecule has 7 heteroatoms. The number of unbranched alkanes of at least 4 members (excludes halogenated alkanes) is 1. The van der Waals surface area contributed by atoms with Gasteiger partial charge >= 0.3 is 0 Å². The number of benzene rings is 1. The first-order valence-corrected chi connectivity index (χ1v) is 7.01. The second kappa shape index (κ2) is 9.39. The number of aromatic nitrogens is 2. The molecule has 0 radical (unpaired) electrons. The van der Waals surface area contributed by atoms with Gasteiger partial charge in [-0.2, -0.15) is 0 Å². The first kappa shape index (κ1) is 18.4. The summed E-state index contributed by atoms with van der Waals surface area (Å²) < 4.78 is 15.7. The predicted molar refractivity (Wildman–Crippen MR) is 97.2 cm³/mol. The zero-order chi connectivity index (χ0) is 15.1. The summed E-state index contributed by atoms with van der Waals surface area (Å²) in [5.74, 6) is 0.0840. The zero-order valence-corrected chi connectivity index (χ0v) is 14.8. The topological polar surface area (TPSA) is 68.2 Å². The fourth-order valence-corrected chi connectivity index (χ4v) is 1.89. The Morgan fingerprint density at radius 3 is 2.91 bits per heavy atom. The minimum absolute atomic E-state index is 0. The van der Waals surface area contributed by atoms with Gasteiger partial charge in [0, 0.05) is 18.9 Å².